The molecule has 2 saturated carbocycles. The van der Waals surface area contributed by atoms with Crippen LogP contribution in [0.15, 0.2) is 0 Å². The molecule has 0 amide bonds. The highest BCUT2D eigenvalue weighted by molar-refractivity contribution is 4.90. The summed E-state index contributed by atoms with van der Waals surface area (Å²) in [7, 11) is 2.39. The minimum Gasteiger partial charge on any atom is -0.313 e. The minimum absolute atomic E-state index is 0.733. The third-order valence-corrected chi connectivity index (χ3v) is 5.81. The molecule has 3 unspecified atom stereocenters. The van der Waals surface area contributed by atoms with E-state index in [1.807, 2.05) is 0 Å². The van der Waals surface area contributed by atoms with Crippen LogP contribution in [0.25, 0.3) is 0 Å². The van der Waals surface area contributed by atoms with Gasteiger partial charge in [-0.1, -0.05) is 39.5 Å². The Morgan fingerprint density at radius 1 is 0.950 bits per heavy atom. The van der Waals surface area contributed by atoms with Crippen molar-refractivity contribution in [3.05, 3.63) is 0 Å². The molecule has 2 heteroatoms. The van der Waals surface area contributed by atoms with Gasteiger partial charge in [0.25, 0.3) is 0 Å². The molecule has 0 aromatic rings. The highest BCUT2D eigenvalue weighted by Crippen LogP contribution is 2.31. The quantitative estimate of drug-likeness (QED) is 0.789. The van der Waals surface area contributed by atoms with Crippen LogP contribution in [0.3, 0.4) is 0 Å². The van der Waals surface area contributed by atoms with E-state index in [1.54, 1.807) is 0 Å². The molecule has 2 aliphatic carbocycles. The summed E-state index contributed by atoms with van der Waals surface area (Å²) in [6, 6.07) is 1.51. The SMILES string of the molecule is CCNC1CCC(CC)CC1N(C)CC1CCCCC1. The first-order valence-electron chi connectivity index (χ1n) is 9.18. The number of rotatable bonds is 6. The van der Waals surface area contributed by atoms with E-state index in [0.29, 0.717) is 0 Å². The van der Waals surface area contributed by atoms with E-state index in [4.69, 9.17) is 0 Å². The molecule has 1 N–H and O–H groups in total. The lowest BCUT2D eigenvalue weighted by Gasteiger charge is -2.43. The maximum Gasteiger partial charge on any atom is 0.0249 e. The van der Waals surface area contributed by atoms with Crippen molar-refractivity contribution >= 4 is 0 Å². The minimum atomic E-state index is 0.733. The fraction of sp³-hybridized carbons (Fsp3) is 1.00. The van der Waals surface area contributed by atoms with Crippen LogP contribution in [0.1, 0.15) is 71.6 Å². The molecule has 2 rings (SSSR count). The van der Waals surface area contributed by atoms with E-state index in [9.17, 15) is 0 Å². The maximum absolute atomic E-state index is 3.76. The van der Waals surface area contributed by atoms with Gasteiger partial charge in [0, 0.05) is 18.6 Å². The van der Waals surface area contributed by atoms with Crippen LogP contribution >= 0.6 is 0 Å². The zero-order chi connectivity index (χ0) is 14.4. The zero-order valence-corrected chi connectivity index (χ0v) is 14.0. The summed E-state index contributed by atoms with van der Waals surface area (Å²) in [5.74, 6) is 1.93. The normalized spacial score (nSPS) is 32.7. The molecule has 0 radical (unpaired) electrons. The molecule has 0 aromatic carbocycles. The largest absolute Gasteiger partial charge is 0.313 e. The van der Waals surface area contributed by atoms with Crippen molar-refractivity contribution in [2.45, 2.75) is 83.7 Å². The van der Waals surface area contributed by atoms with Crippen molar-refractivity contribution in [2.24, 2.45) is 11.8 Å². The van der Waals surface area contributed by atoms with Gasteiger partial charge in [-0.2, -0.15) is 0 Å². The number of hydrogen-bond donors (Lipinski definition) is 1. The van der Waals surface area contributed by atoms with Gasteiger partial charge in [-0.3, -0.25) is 0 Å². The van der Waals surface area contributed by atoms with Crippen molar-refractivity contribution < 1.29 is 0 Å². The molecule has 2 nitrogen and oxygen atoms in total. The van der Waals surface area contributed by atoms with Gasteiger partial charge < -0.3 is 10.2 Å². The summed E-state index contributed by atoms with van der Waals surface area (Å²) in [6.07, 6.45) is 13.0. The monoisotopic (exact) mass is 280 g/mol. The van der Waals surface area contributed by atoms with E-state index < -0.39 is 0 Å². The van der Waals surface area contributed by atoms with E-state index >= 15 is 0 Å². The molecule has 0 aliphatic heterocycles. The zero-order valence-electron chi connectivity index (χ0n) is 14.0. The molecule has 2 fully saturated rings. The summed E-state index contributed by atoms with van der Waals surface area (Å²) in [5.41, 5.74) is 0. The Kier molecular flexibility index (Phi) is 6.83. The van der Waals surface area contributed by atoms with Crippen molar-refractivity contribution in [3.8, 4) is 0 Å². The summed E-state index contributed by atoms with van der Waals surface area (Å²) in [5, 5.41) is 3.76. The van der Waals surface area contributed by atoms with Crippen LogP contribution in [-0.4, -0.2) is 37.1 Å². The average molecular weight is 280 g/mol. The first-order chi connectivity index (χ1) is 9.74. The fourth-order valence-electron chi connectivity index (χ4n) is 4.50. The Hall–Kier alpha value is -0.0800. The van der Waals surface area contributed by atoms with E-state index in [2.05, 4.69) is 31.1 Å². The smallest absolute Gasteiger partial charge is 0.0249 e. The van der Waals surface area contributed by atoms with Crippen LogP contribution in [0.2, 0.25) is 0 Å². The maximum atomic E-state index is 3.76. The van der Waals surface area contributed by atoms with Crippen LogP contribution in [0, 0.1) is 11.8 Å². The molecule has 0 bridgehead atoms. The predicted octanol–water partition coefficient (Wildman–Crippen LogP) is 4.06. The lowest BCUT2D eigenvalue weighted by atomic mass is 9.79. The molecule has 0 aromatic heterocycles. The van der Waals surface area contributed by atoms with Gasteiger partial charge in [-0.05, 0) is 57.5 Å². The Morgan fingerprint density at radius 3 is 2.35 bits per heavy atom. The second-order valence-corrected chi connectivity index (χ2v) is 7.26. The van der Waals surface area contributed by atoms with Crippen LogP contribution in [-0.2, 0) is 0 Å². The first kappa shape index (κ1) is 16.3. The molecular formula is C18H36N2. The Bertz CT molecular complexity index is 260. The predicted molar refractivity (Wildman–Crippen MR) is 88.1 cm³/mol. The molecule has 2 aliphatic rings. The molecule has 20 heavy (non-hydrogen) atoms. The molecular weight excluding hydrogens is 244 g/mol. The lowest BCUT2D eigenvalue weighted by molar-refractivity contribution is 0.0970. The van der Waals surface area contributed by atoms with Crippen LogP contribution in [0.4, 0.5) is 0 Å². The van der Waals surface area contributed by atoms with Crippen LogP contribution < -0.4 is 5.32 Å². The number of nitrogens with zero attached hydrogens (tertiary/aromatic N) is 1. The van der Waals surface area contributed by atoms with Gasteiger partial charge >= 0.3 is 0 Å². The van der Waals surface area contributed by atoms with Gasteiger partial charge in [-0.25, -0.2) is 0 Å². The van der Waals surface area contributed by atoms with Gasteiger partial charge in [0.05, 0.1) is 0 Å². The van der Waals surface area contributed by atoms with Crippen molar-refractivity contribution in [1.29, 1.82) is 0 Å². The lowest BCUT2D eigenvalue weighted by Crippen LogP contribution is -2.53. The number of likely N-dealkylation sites (N-methyl/N-ethyl adjacent to an activating group) is 2. The van der Waals surface area contributed by atoms with Crippen molar-refractivity contribution in [3.63, 3.8) is 0 Å². The van der Waals surface area contributed by atoms with E-state index in [1.165, 1.54) is 64.3 Å². The van der Waals surface area contributed by atoms with Gasteiger partial charge in [0.1, 0.15) is 0 Å². The Labute approximate surface area is 126 Å². The van der Waals surface area contributed by atoms with Crippen molar-refractivity contribution in [2.75, 3.05) is 20.1 Å². The summed E-state index contributed by atoms with van der Waals surface area (Å²) < 4.78 is 0. The van der Waals surface area contributed by atoms with E-state index in [-0.39, 0.29) is 0 Å². The second kappa shape index (κ2) is 8.38. The third-order valence-electron chi connectivity index (χ3n) is 5.81. The first-order valence-corrected chi connectivity index (χ1v) is 9.18. The molecule has 0 spiro atoms. The Morgan fingerprint density at radius 2 is 1.70 bits per heavy atom. The summed E-state index contributed by atoms with van der Waals surface area (Å²) in [6.45, 7) is 7.08. The van der Waals surface area contributed by atoms with Crippen molar-refractivity contribution in [1.82, 2.24) is 10.2 Å². The Balaban J connectivity index is 1.89. The second-order valence-electron chi connectivity index (χ2n) is 7.26. The molecule has 118 valence electrons. The standard InChI is InChI=1S/C18H36N2/c1-4-15-11-12-17(19-5-2)18(13-15)20(3)14-16-9-7-6-8-10-16/h15-19H,4-14H2,1-3H3. The molecule has 0 saturated heterocycles. The summed E-state index contributed by atoms with van der Waals surface area (Å²) in [4.78, 5) is 2.71. The highest BCUT2D eigenvalue weighted by Gasteiger charge is 2.32. The molecule has 3 atom stereocenters. The summed E-state index contributed by atoms with van der Waals surface area (Å²) >= 11 is 0. The van der Waals surface area contributed by atoms with Gasteiger partial charge in [0.15, 0.2) is 0 Å². The topological polar surface area (TPSA) is 15.3 Å². The van der Waals surface area contributed by atoms with E-state index in [0.717, 1.165) is 30.5 Å². The molecule has 0 heterocycles. The number of nitrogens with one attached hydrogen (secondary N) is 1. The number of hydrogen-bond acceptors (Lipinski definition) is 2. The van der Waals surface area contributed by atoms with Gasteiger partial charge in [-0.15, -0.1) is 0 Å². The fourth-order valence-corrected chi connectivity index (χ4v) is 4.50. The van der Waals surface area contributed by atoms with Gasteiger partial charge in [0.2, 0.25) is 0 Å². The third kappa shape index (κ3) is 4.46. The average Bonchev–Trinajstić information content (AvgIpc) is 2.49. The van der Waals surface area contributed by atoms with Crippen LogP contribution in [0.5, 0.6) is 0 Å². The highest BCUT2D eigenvalue weighted by atomic mass is 15.2.